The van der Waals surface area contributed by atoms with E-state index in [1.807, 2.05) is 18.2 Å². The number of likely N-dealkylation sites (tertiary alicyclic amines) is 2. The molecule has 5 rings (SSSR count). The van der Waals surface area contributed by atoms with Crippen LogP contribution >= 0.6 is 0 Å². The maximum absolute atomic E-state index is 13.9. The molecular formula is C33H41F3N8O3. The predicted molar refractivity (Wildman–Crippen MR) is 171 cm³/mol. The van der Waals surface area contributed by atoms with E-state index in [2.05, 4.69) is 16.0 Å². The number of hydrogen-bond donors (Lipinski definition) is 5. The molecule has 252 valence electrons. The summed E-state index contributed by atoms with van der Waals surface area (Å²) in [5.74, 6) is 2.03. The molecule has 2 aromatic rings. The Morgan fingerprint density at radius 2 is 1.85 bits per heavy atom. The van der Waals surface area contributed by atoms with Crippen molar-refractivity contribution in [1.82, 2.24) is 20.7 Å². The van der Waals surface area contributed by atoms with Gasteiger partial charge in [0.25, 0.3) is 5.91 Å². The zero-order valence-corrected chi connectivity index (χ0v) is 26.1. The van der Waals surface area contributed by atoms with Crippen molar-refractivity contribution in [2.24, 2.45) is 28.0 Å². The van der Waals surface area contributed by atoms with Crippen LogP contribution in [0.25, 0.3) is 0 Å². The summed E-state index contributed by atoms with van der Waals surface area (Å²) in [4.78, 5) is 28.3. The molecule has 0 radical (unpaired) electrons. The van der Waals surface area contributed by atoms with Gasteiger partial charge < -0.3 is 31.0 Å². The molecule has 14 heteroatoms. The van der Waals surface area contributed by atoms with E-state index in [-0.39, 0.29) is 66.4 Å². The third kappa shape index (κ3) is 7.76. The molecule has 1 spiro atoms. The second-order valence-corrected chi connectivity index (χ2v) is 12.7. The summed E-state index contributed by atoms with van der Waals surface area (Å²) in [6, 6.07) is 11.6. The molecule has 2 aromatic carbocycles. The molecule has 1 saturated carbocycles. The van der Waals surface area contributed by atoms with Gasteiger partial charge in [-0.2, -0.15) is 0 Å². The topological polar surface area (TPSA) is 162 Å². The van der Waals surface area contributed by atoms with Gasteiger partial charge in [-0.1, -0.05) is 30.3 Å². The molecule has 0 aromatic heterocycles. The number of carbonyl (C=O) groups excluding carboxylic acids is 2. The third-order valence-corrected chi connectivity index (χ3v) is 9.52. The first-order chi connectivity index (χ1) is 22.6. The Morgan fingerprint density at radius 3 is 2.51 bits per heavy atom. The minimum atomic E-state index is -2.67. The van der Waals surface area contributed by atoms with E-state index < -0.39 is 5.92 Å². The average Bonchev–Trinajstić information content (AvgIpc) is 3.42. The van der Waals surface area contributed by atoms with Crippen LogP contribution in [0.5, 0.6) is 0 Å². The normalized spacial score (nSPS) is 21.0. The van der Waals surface area contributed by atoms with E-state index in [0.29, 0.717) is 51.1 Å². The Hall–Kier alpha value is -4.43. The smallest absolute Gasteiger partial charge is 0.256 e. The Kier molecular flexibility index (Phi) is 10.5. The number of hydrogen-bond acceptors (Lipinski definition) is 8. The summed E-state index contributed by atoms with van der Waals surface area (Å²) in [5.41, 5.74) is 11.3. The Balaban J connectivity index is 1.27. The summed E-state index contributed by atoms with van der Waals surface area (Å²) in [6.45, 7) is 2.54. The molecular weight excluding hydrogens is 613 g/mol. The Labute approximate surface area is 271 Å². The molecule has 2 heterocycles. The van der Waals surface area contributed by atoms with Gasteiger partial charge in [0.2, 0.25) is 12.3 Å². The van der Waals surface area contributed by atoms with Crippen molar-refractivity contribution in [2.45, 2.75) is 50.7 Å². The van der Waals surface area contributed by atoms with Crippen molar-refractivity contribution in [3.8, 4) is 0 Å². The van der Waals surface area contributed by atoms with Crippen LogP contribution in [0.3, 0.4) is 0 Å². The fraction of sp³-hybridized carbons (Fsp3) is 0.455. The molecule has 2 aliphatic heterocycles. The van der Waals surface area contributed by atoms with Gasteiger partial charge in [0, 0.05) is 74.9 Å². The van der Waals surface area contributed by atoms with Crippen LogP contribution in [-0.2, 0) is 27.5 Å². The maximum atomic E-state index is 13.9. The van der Waals surface area contributed by atoms with Crippen molar-refractivity contribution in [1.29, 1.82) is 5.41 Å². The minimum Gasteiger partial charge on any atom is -0.386 e. The number of halogens is 3. The molecule has 0 bridgehead atoms. The minimum absolute atomic E-state index is 0.0919. The Morgan fingerprint density at radius 1 is 1.13 bits per heavy atom. The van der Waals surface area contributed by atoms with Crippen molar-refractivity contribution in [3.63, 3.8) is 0 Å². The van der Waals surface area contributed by atoms with Crippen LogP contribution in [0.1, 0.15) is 53.9 Å². The number of ether oxygens (including phenoxy) is 1. The second-order valence-electron chi connectivity index (χ2n) is 12.7. The summed E-state index contributed by atoms with van der Waals surface area (Å²) in [6.07, 6.45) is 3.53. The highest BCUT2D eigenvalue weighted by Crippen LogP contribution is 2.45. The van der Waals surface area contributed by atoms with E-state index in [4.69, 9.17) is 21.7 Å². The number of alkyl halides is 2. The van der Waals surface area contributed by atoms with Gasteiger partial charge in [-0.3, -0.25) is 9.59 Å². The van der Waals surface area contributed by atoms with E-state index in [9.17, 15) is 22.8 Å². The molecule has 1 aliphatic carbocycles. The number of nitrogens with one attached hydrogen (secondary N) is 3. The molecule has 2 amide bonds. The zero-order chi connectivity index (χ0) is 33.6. The van der Waals surface area contributed by atoms with Gasteiger partial charge in [-0.15, -0.1) is 5.10 Å². The van der Waals surface area contributed by atoms with Crippen LogP contribution in [0, 0.1) is 22.6 Å². The highest BCUT2D eigenvalue weighted by atomic mass is 19.3. The molecule has 3 fully saturated rings. The first-order valence-electron chi connectivity index (χ1n) is 15.6. The van der Waals surface area contributed by atoms with Gasteiger partial charge >= 0.3 is 0 Å². The summed E-state index contributed by atoms with van der Waals surface area (Å²) in [7, 11) is 0. The largest absolute Gasteiger partial charge is 0.386 e. The lowest BCUT2D eigenvalue weighted by Crippen LogP contribution is -2.60. The van der Waals surface area contributed by atoms with Crippen LogP contribution in [0.4, 0.5) is 13.2 Å². The standard InChI is InChI=1S/C33H41F3N8O3/c34-27-6-4-22(5-7-27)13-40-14-25(12-37)31(46)44-15-26(32(20-44)18-43(19-32)21-45)17-47-16-24-2-1-3-28(29(24)30(38)41-42-39)23-8-10-33(35,36)11-9-23/h1-7,12,14,21,23,26,37,40,42H,8-11,13,15-20,39H2,(H2,38,41)/b25-14+,37-12?. The van der Waals surface area contributed by atoms with Crippen LogP contribution in [0.15, 0.2) is 59.3 Å². The first-order valence-corrected chi connectivity index (χ1v) is 15.6. The number of hydrazone groups is 1. The average molecular weight is 655 g/mol. The maximum Gasteiger partial charge on any atom is 0.256 e. The van der Waals surface area contributed by atoms with Crippen molar-refractivity contribution < 1.29 is 27.5 Å². The predicted octanol–water partition coefficient (Wildman–Crippen LogP) is 2.96. The van der Waals surface area contributed by atoms with Crippen molar-refractivity contribution in [2.75, 3.05) is 32.8 Å². The van der Waals surface area contributed by atoms with Gasteiger partial charge in [-0.25, -0.2) is 24.5 Å². The van der Waals surface area contributed by atoms with Gasteiger partial charge in [0.15, 0.2) is 5.84 Å². The SMILES string of the molecule is N=C/C(=C\NCc1ccc(F)cc1)C(=O)N1CC(COCc2cccc(C3CCC(F)(F)CC3)c2/C(N)=N/NN)C2(CN(C=O)C2)C1. The Bertz CT molecular complexity index is 1500. The lowest BCUT2D eigenvalue weighted by atomic mass is 9.72. The van der Waals surface area contributed by atoms with Gasteiger partial charge in [0.05, 0.1) is 18.8 Å². The highest BCUT2D eigenvalue weighted by Gasteiger charge is 2.55. The van der Waals surface area contributed by atoms with Gasteiger partial charge in [-0.05, 0) is 47.6 Å². The number of hydrazine groups is 1. The van der Waals surface area contributed by atoms with Crippen LogP contribution in [0.2, 0.25) is 0 Å². The van der Waals surface area contributed by atoms with Crippen LogP contribution in [-0.4, -0.2) is 72.9 Å². The number of nitrogens with two attached hydrogens (primary N) is 2. The van der Waals surface area contributed by atoms with E-state index in [0.717, 1.165) is 29.3 Å². The lowest BCUT2D eigenvalue weighted by Gasteiger charge is -2.49. The summed E-state index contributed by atoms with van der Waals surface area (Å²) in [5, 5.41) is 14.9. The lowest BCUT2D eigenvalue weighted by molar-refractivity contribution is -0.133. The van der Waals surface area contributed by atoms with E-state index in [1.54, 1.807) is 21.9 Å². The molecule has 2 saturated heterocycles. The molecule has 7 N–H and O–H groups in total. The second kappa shape index (κ2) is 14.6. The monoisotopic (exact) mass is 654 g/mol. The molecule has 47 heavy (non-hydrogen) atoms. The van der Waals surface area contributed by atoms with Crippen molar-refractivity contribution in [3.05, 3.63) is 82.3 Å². The number of amidine groups is 1. The van der Waals surface area contributed by atoms with E-state index >= 15 is 0 Å². The molecule has 1 unspecified atom stereocenters. The molecule has 11 nitrogen and oxygen atoms in total. The number of amides is 2. The summed E-state index contributed by atoms with van der Waals surface area (Å²) < 4.78 is 47.3. The number of benzene rings is 2. The van der Waals surface area contributed by atoms with Gasteiger partial charge in [0.1, 0.15) is 5.82 Å². The highest BCUT2D eigenvalue weighted by molar-refractivity contribution is 6.11. The third-order valence-electron chi connectivity index (χ3n) is 9.52. The van der Waals surface area contributed by atoms with Crippen LogP contribution < -0.4 is 22.4 Å². The first kappa shape index (κ1) is 33.9. The number of carbonyl (C=O) groups is 2. The number of rotatable bonds is 13. The summed E-state index contributed by atoms with van der Waals surface area (Å²) >= 11 is 0. The molecule has 3 aliphatic rings. The molecule has 1 atom stereocenters. The van der Waals surface area contributed by atoms with E-state index in [1.165, 1.54) is 18.3 Å². The fourth-order valence-electron chi connectivity index (χ4n) is 7.02. The fourth-order valence-corrected chi connectivity index (χ4v) is 7.02. The van der Waals surface area contributed by atoms with Crippen molar-refractivity contribution >= 4 is 24.4 Å². The zero-order valence-electron chi connectivity index (χ0n) is 26.1. The quantitative estimate of drug-likeness (QED) is 0.0554. The number of nitrogens with zero attached hydrogens (tertiary/aromatic N) is 3.